The van der Waals surface area contributed by atoms with Crippen LogP contribution in [0.1, 0.15) is 33.3 Å². The SMILES string of the molecule is C=CCOc1cccc(C2c3c(oc4ccc(C)cc4c3=O)C(=O)N2CCO)c1. The second kappa shape index (κ2) is 7.56. The zero-order valence-corrected chi connectivity index (χ0v) is 16.1. The number of amides is 1. The fraction of sp³-hybridized carbons (Fsp3) is 0.217. The molecule has 1 unspecified atom stereocenters. The number of nitrogens with zero attached hydrogens (tertiary/aromatic N) is 1. The van der Waals surface area contributed by atoms with E-state index in [2.05, 4.69) is 6.58 Å². The average Bonchev–Trinajstić information content (AvgIpc) is 3.00. The van der Waals surface area contributed by atoms with Crippen LogP contribution in [0, 0.1) is 6.92 Å². The summed E-state index contributed by atoms with van der Waals surface area (Å²) in [5.74, 6) is 0.228. The van der Waals surface area contributed by atoms with Gasteiger partial charge < -0.3 is 19.2 Å². The largest absolute Gasteiger partial charge is 0.490 e. The summed E-state index contributed by atoms with van der Waals surface area (Å²) < 4.78 is 11.5. The molecule has 148 valence electrons. The summed E-state index contributed by atoms with van der Waals surface area (Å²) in [5, 5.41) is 9.95. The summed E-state index contributed by atoms with van der Waals surface area (Å²) in [5.41, 5.74) is 2.08. The minimum Gasteiger partial charge on any atom is -0.490 e. The Bertz CT molecular complexity index is 1160. The molecule has 0 bridgehead atoms. The Kier molecular flexibility index (Phi) is 4.94. The first-order valence-corrected chi connectivity index (χ1v) is 9.38. The summed E-state index contributed by atoms with van der Waals surface area (Å²) in [4.78, 5) is 27.9. The molecule has 0 spiro atoms. The molecule has 0 radical (unpaired) electrons. The van der Waals surface area contributed by atoms with Crippen LogP contribution in [0.5, 0.6) is 5.75 Å². The fourth-order valence-electron chi connectivity index (χ4n) is 3.75. The summed E-state index contributed by atoms with van der Waals surface area (Å²) in [6, 6.07) is 11.9. The van der Waals surface area contributed by atoms with Crippen LogP contribution in [0.3, 0.4) is 0 Å². The van der Waals surface area contributed by atoms with Gasteiger partial charge in [-0.15, -0.1) is 0 Å². The maximum atomic E-state index is 13.4. The highest BCUT2D eigenvalue weighted by atomic mass is 16.5. The molecule has 0 saturated carbocycles. The van der Waals surface area contributed by atoms with Crippen molar-refractivity contribution in [1.29, 1.82) is 0 Å². The molecule has 2 heterocycles. The predicted octanol–water partition coefficient (Wildman–Crippen LogP) is 3.20. The summed E-state index contributed by atoms with van der Waals surface area (Å²) in [6.45, 7) is 5.74. The summed E-state index contributed by atoms with van der Waals surface area (Å²) >= 11 is 0. The van der Waals surface area contributed by atoms with E-state index < -0.39 is 11.9 Å². The van der Waals surface area contributed by atoms with Crippen LogP contribution >= 0.6 is 0 Å². The quantitative estimate of drug-likeness (QED) is 0.653. The molecule has 0 saturated heterocycles. The van der Waals surface area contributed by atoms with E-state index in [1.54, 1.807) is 36.4 Å². The van der Waals surface area contributed by atoms with Crippen molar-refractivity contribution in [1.82, 2.24) is 4.90 Å². The van der Waals surface area contributed by atoms with Gasteiger partial charge in [-0.25, -0.2) is 0 Å². The van der Waals surface area contributed by atoms with Gasteiger partial charge in [0.2, 0.25) is 5.76 Å². The minimum absolute atomic E-state index is 0.0298. The van der Waals surface area contributed by atoms with E-state index in [0.29, 0.717) is 34.5 Å². The first-order chi connectivity index (χ1) is 14.0. The molecule has 6 nitrogen and oxygen atoms in total. The van der Waals surface area contributed by atoms with Crippen LogP contribution in [0.25, 0.3) is 11.0 Å². The van der Waals surface area contributed by atoms with Crippen LogP contribution in [0.2, 0.25) is 0 Å². The molecule has 3 aromatic rings. The molecule has 0 aliphatic carbocycles. The Hall–Kier alpha value is -3.38. The molecule has 1 aliphatic rings. The van der Waals surface area contributed by atoms with Crippen molar-refractivity contribution in [3.8, 4) is 5.75 Å². The van der Waals surface area contributed by atoms with Crippen LogP contribution in [-0.4, -0.2) is 35.7 Å². The van der Waals surface area contributed by atoms with Crippen molar-refractivity contribution in [3.63, 3.8) is 0 Å². The predicted molar refractivity (Wildman–Crippen MR) is 109 cm³/mol. The lowest BCUT2D eigenvalue weighted by Crippen LogP contribution is -2.32. The van der Waals surface area contributed by atoms with E-state index >= 15 is 0 Å². The lowest BCUT2D eigenvalue weighted by atomic mass is 9.98. The lowest BCUT2D eigenvalue weighted by molar-refractivity contribution is 0.0691. The molecular weight excluding hydrogens is 370 g/mol. The molecule has 1 aliphatic heterocycles. The molecule has 1 N–H and O–H groups in total. The third kappa shape index (κ3) is 3.21. The Morgan fingerprint density at radius 2 is 2.07 bits per heavy atom. The number of carbonyl (C=O) groups excluding carboxylic acids is 1. The molecule has 29 heavy (non-hydrogen) atoms. The number of rotatable bonds is 6. The number of hydrogen-bond acceptors (Lipinski definition) is 5. The van der Waals surface area contributed by atoms with Gasteiger partial charge >= 0.3 is 0 Å². The molecule has 1 amide bonds. The van der Waals surface area contributed by atoms with Crippen molar-refractivity contribution in [2.75, 3.05) is 19.8 Å². The molecule has 2 aromatic carbocycles. The first-order valence-electron chi connectivity index (χ1n) is 9.38. The normalized spacial score (nSPS) is 15.6. The topological polar surface area (TPSA) is 80.0 Å². The second-order valence-electron chi connectivity index (χ2n) is 6.97. The van der Waals surface area contributed by atoms with Crippen LogP contribution in [0.15, 0.2) is 64.3 Å². The average molecular weight is 391 g/mol. The van der Waals surface area contributed by atoms with Crippen LogP contribution in [0.4, 0.5) is 0 Å². The Balaban J connectivity index is 1.93. The highest BCUT2D eigenvalue weighted by Crippen LogP contribution is 2.38. The number of carbonyl (C=O) groups is 1. The monoisotopic (exact) mass is 391 g/mol. The first kappa shape index (κ1) is 19.0. The Morgan fingerprint density at radius 3 is 2.83 bits per heavy atom. The Labute approximate surface area is 167 Å². The number of β-amino-alcohol motifs (C(OH)–C–C–N with tert-alkyl or cyclic N) is 1. The fourth-order valence-corrected chi connectivity index (χ4v) is 3.75. The van der Waals surface area contributed by atoms with Crippen molar-refractivity contribution < 1.29 is 19.1 Å². The van der Waals surface area contributed by atoms with Gasteiger partial charge in [0, 0.05) is 6.54 Å². The molecule has 1 atom stereocenters. The maximum absolute atomic E-state index is 13.4. The molecule has 4 rings (SSSR count). The van der Waals surface area contributed by atoms with E-state index in [1.807, 2.05) is 19.1 Å². The molecular formula is C23H21NO5. The number of aliphatic hydroxyl groups excluding tert-OH is 1. The van der Waals surface area contributed by atoms with Gasteiger partial charge in [-0.1, -0.05) is 36.4 Å². The van der Waals surface area contributed by atoms with E-state index in [1.165, 1.54) is 4.90 Å². The zero-order chi connectivity index (χ0) is 20.5. The number of fused-ring (bicyclic) bond motifs is 2. The van der Waals surface area contributed by atoms with E-state index in [9.17, 15) is 14.7 Å². The van der Waals surface area contributed by atoms with E-state index in [4.69, 9.17) is 9.15 Å². The highest BCUT2D eigenvalue weighted by Gasteiger charge is 2.42. The second-order valence-corrected chi connectivity index (χ2v) is 6.97. The van der Waals surface area contributed by atoms with Gasteiger partial charge in [0.25, 0.3) is 5.91 Å². The molecule has 1 aromatic heterocycles. The lowest BCUT2D eigenvalue weighted by Gasteiger charge is -2.24. The number of benzene rings is 2. The number of aliphatic hydroxyl groups is 1. The Morgan fingerprint density at radius 1 is 1.24 bits per heavy atom. The van der Waals surface area contributed by atoms with E-state index in [-0.39, 0.29) is 24.3 Å². The number of hydrogen-bond donors (Lipinski definition) is 1. The van der Waals surface area contributed by atoms with Gasteiger partial charge in [0.05, 0.1) is 23.6 Å². The third-order valence-electron chi connectivity index (χ3n) is 5.00. The minimum atomic E-state index is -0.655. The van der Waals surface area contributed by atoms with Crippen molar-refractivity contribution >= 4 is 16.9 Å². The third-order valence-corrected chi connectivity index (χ3v) is 5.00. The van der Waals surface area contributed by atoms with Gasteiger partial charge in [0.1, 0.15) is 17.9 Å². The van der Waals surface area contributed by atoms with Crippen molar-refractivity contribution in [2.45, 2.75) is 13.0 Å². The van der Waals surface area contributed by atoms with Crippen LogP contribution in [-0.2, 0) is 0 Å². The molecule has 6 heteroatoms. The molecule has 0 fully saturated rings. The van der Waals surface area contributed by atoms with Crippen molar-refractivity contribution in [2.24, 2.45) is 0 Å². The van der Waals surface area contributed by atoms with Gasteiger partial charge in [-0.2, -0.15) is 0 Å². The van der Waals surface area contributed by atoms with Crippen LogP contribution < -0.4 is 10.2 Å². The standard InChI is InChI=1S/C23H21NO5/c1-3-11-28-16-6-4-5-15(13-16)20-19-21(26)17-12-14(2)7-8-18(17)29-22(19)23(27)24(20)9-10-25/h3-8,12-13,20,25H,1,9-11H2,2H3. The van der Waals surface area contributed by atoms with Gasteiger partial charge in [-0.05, 0) is 36.8 Å². The maximum Gasteiger partial charge on any atom is 0.290 e. The number of ether oxygens (including phenoxy) is 1. The number of aryl methyl sites for hydroxylation is 1. The van der Waals surface area contributed by atoms with Crippen molar-refractivity contribution in [3.05, 3.63) is 87.8 Å². The zero-order valence-electron chi connectivity index (χ0n) is 16.1. The smallest absolute Gasteiger partial charge is 0.290 e. The van der Waals surface area contributed by atoms with Gasteiger partial charge in [-0.3, -0.25) is 9.59 Å². The highest BCUT2D eigenvalue weighted by molar-refractivity contribution is 5.99. The van der Waals surface area contributed by atoms with Gasteiger partial charge in [0.15, 0.2) is 5.43 Å². The summed E-state index contributed by atoms with van der Waals surface area (Å²) in [7, 11) is 0. The summed E-state index contributed by atoms with van der Waals surface area (Å²) in [6.07, 6.45) is 1.64. The van der Waals surface area contributed by atoms with E-state index in [0.717, 1.165) is 5.56 Å².